The fraction of sp³-hybridized carbons (Fsp3) is 0.645. The molecule has 7 rings (SSSR count). The lowest BCUT2D eigenvalue weighted by molar-refractivity contribution is -0.167. The molecule has 1 saturated carbocycles. The SMILES string of the molecule is C=CCO[C@H]1C[C@H]2CC[C@@H]1N(C(=O)OC(C)(C)C)[C@@H]2C(=O)N1CC2(C1)CN(c1c(C(F)(F)F)cnc3sc(CC)cc13)C2. The molecule has 2 bridgehead atoms. The summed E-state index contributed by atoms with van der Waals surface area (Å²) in [6.07, 6.45) is 0.367. The number of amides is 2. The van der Waals surface area contributed by atoms with Crippen molar-refractivity contribution in [2.24, 2.45) is 11.3 Å². The molecule has 4 aliphatic heterocycles. The largest absolute Gasteiger partial charge is 0.444 e. The number of aromatic nitrogens is 1. The molecule has 6 heterocycles. The summed E-state index contributed by atoms with van der Waals surface area (Å²) in [4.78, 5) is 38.4. The Labute approximate surface area is 253 Å². The summed E-state index contributed by atoms with van der Waals surface area (Å²) < 4.78 is 53.9. The Morgan fingerprint density at radius 3 is 2.53 bits per heavy atom. The maximum atomic E-state index is 14.1. The van der Waals surface area contributed by atoms with Crippen molar-refractivity contribution in [3.63, 3.8) is 0 Å². The molecule has 12 heteroatoms. The van der Waals surface area contributed by atoms with E-state index in [4.69, 9.17) is 9.47 Å². The Morgan fingerprint density at radius 1 is 1.19 bits per heavy atom. The Kier molecular flexibility index (Phi) is 7.47. The van der Waals surface area contributed by atoms with Crippen LogP contribution in [0, 0.1) is 11.3 Å². The normalized spacial score (nSPS) is 26.4. The van der Waals surface area contributed by atoms with Crippen molar-refractivity contribution < 1.29 is 32.2 Å². The number of carbonyl (C=O) groups excluding carboxylic acids is 2. The number of nitrogens with zero attached hydrogens (tertiary/aromatic N) is 4. The smallest absolute Gasteiger partial charge is 0.419 e. The van der Waals surface area contributed by atoms with Gasteiger partial charge in [0.05, 0.1) is 30.0 Å². The number of likely N-dealkylation sites (tertiary alicyclic amines) is 1. The molecule has 4 atom stereocenters. The number of rotatable bonds is 6. The van der Waals surface area contributed by atoms with Crippen LogP contribution in [-0.2, 0) is 26.9 Å². The zero-order chi connectivity index (χ0) is 30.9. The summed E-state index contributed by atoms with van der Waals surface area (Å²) in [6.45, 7) is 13.2. The van der Waals surface area contributed by atoms with Gasteiger partial charge < -0.3 is 19.3 Å². The van der Waals surface area contributed by atoms with Gasteiger partial charge in [0.15, 0.2) is 0 Å². The third-order valence-electron chi connectivity index (χ3n) is 9.16. The minimum atomic E-state index is -4.52. The number of hydrogen-bond donors (Lipinski definition) is 0. The molecular formula is C31H39F3N4O4S. The highest BCUT2D eigenvalue weighted by atomic mass is 32.1. The van der Waals surface area contributed by atoms with Gasteiger partial charge in [-0.2, -0.15) is 13.2 Å². The van der Waals surface area contributed by atoms with E-state index in [0.717, 1.165) is 30.3 Å². The Morgan fingerprint density at radius 2 is 1.91 bits per heavy atom. The molecule has 0 radical (unpaired) electrons. The van der Waals surface area contributed by atoms with Crippen molar-refractivity contribution in [3.8, 4) is 0 Å². The number of piperidine rings is 2. The number of anilines is 1. The predicted molar refractivity (Wildman–Crippen MR) is 158 cm³/mol. The highest BCUT2D eigenvalue weighted by Crippen LogP contribution is 2.50. The van der Waals surface area contributed by atoms with Gasteiger partial charge in [0.25, 0.3) is 0 Å². The van der Waals surface area contributed by atoms with Crippen molar-refractivity contribution in [3.05, 3.63) is 35.4 Å². The number of fused-ring (bicyclic) bond motifs is 4. The average molecular weight is 621 g/mol. The summed E-state index contributed by atoms with van der Waals surface area (Å²) in [5.74, 6) is -0.167. The second-order valence-electron chi connectivity index (χ2n) is 13.5. The van der Waals surface area contributed by atoms with E-state index < -0.39 is 29.5 Å². The molecule has 8 nitrogen and oxygen atoms in total. The van der Waals surface area contributed by atoms with Gasteiger partial charge in [0.1, 0.15) is 16.5 Å². The molecule has 0 aromatic carbocycles. The molecule has 2 aromatic heterocycles. The van der Waals surface area contributed by atoms with Crippen LogP contribution in [0.15, 0.2) is 24.9 Å². The summed E-state index contributed by atoms with van der Waals surface area (Å²) in [5.41, 5.74) is -1.52. The summed E-state index contributed by atoms with van der Waals surface area (Å²) in [5, 5.41) is 0.540. The first-order valence-corrected chi connectivity index (χ1v) is 15.8. The van der Waals surface area contributed by atoms with Gasteiger partial charge in [0, 0.05) is 48.1 Å². The van der Waals surface area contributed by atoms with Gasteiger partial charge in [-0.1, -0.05) is 13.0 Å². The molecule has 1 spiro atoms. The van der Waals surface area contributed by atoms with E-state index in [1.165, 1.54) is 11.3 Å². The lowest BCUT2D eigenvalue weighted by Gasteiger charge is -2.62. The van der Waals surface area contributed by atoms with Crippen LogP contribution in [0.5, 0.6) is 0 Å². The number of pyridine rings is 1. The minimum absolute atomic E-state index is 0.0555. The number of thiophene rings is 1. The minimum Gasteiger partial charge on any atom is -0.444 e. The summed E-state index contributed by atoms with van der Waals surface area (Å²) in [7, 11) is 0. The molecule has 234 valence electrons. The second-order valence-corrected chi connectivity index (χ2v) is 14.6. The number of aryl methyl sites for hydroxylation is 1. The zero-order valence-corrected chi connectivity index (χ0v) is 25.9. The van der Waals surface area contributed by atoms with Crippen LogP contribution >= 0.6 is 11.3 Å². The molecule has 2 aromatic rings. The van der Waals surface area contributed by atoms with Crippen LogP contribution in [0.4, 0.5) is 23.7 Å². The van der Waals surface area contributed by atoms with Gasteiger partial charge >= 0.3 is 12.3 Å². The van der Waals surface area contributed by atoms with Gasteiger partial charge in [-0.25, -0.2) is 9.78 Å². The quantitative estimate of drug-likeness (QED) is 0.376. The number of halogens is 3. The van der Waals surface area contributed by atoms with Crippen LogP contribution in [0.25, 0.3) is 10.2 Å². The summed E-state index contributed by atoms with van der Waals surface area (Å²) in [6, 6.07) is 0.923. The highest BCUT2D eigenvalue weighted by molar-refractivity contribution is 7.18. The van der Waals surface area contributed by atoms with Gasteiger partial charge in [-0.05, 0) is 58.4 Å². The third kappa shape index (κ3) is 5.38. The number of alkyl halides is 3. The Bertz CT molecular complexity index is 1420. The molecule has 43 heavy (non-hydrogen) atoms. The second kappa shape index (κ2) is 10.6. The van der Waals surface area contributed by atoms with Gasteiger partial charge in [0.2, 0.25) is 5.91 Å². The fourth-order valence-electron chi connectivity index (χ4n) is 7.41. The molecule has 5 fully saturated rings. The highest BCUT2D eigenvalue weighted by Gasteiger charge is 2.59. The topological polar surface area (TPSA) is 75.2 Å². The molecule has 4 saturated heterocycles. The third-order valence-corrected chi connectivity index (χ3v) is 10.3. The maximum absolute atomic E-state index is 14.1. The maximum Gasteiger partial charge on any atom is 0.419 e. The van der Waals surface area contributed by atoms with E-state index >= 15 is 0 Å². The first-order chi connectivity index (χ1) is 20.2. The number of hydrogen-bond acceptors (Lipinski definition) is 7. The van der Waals surface area contributed by atoms with Crippen LogP contribution in [-0.4, -0.2) is 83.4 Å². The standard InChI is InChI=1S/C31H39F3N4O4S/c1-6-10-41-23-11-18-8-9-22(23)38(28(40)42-29(3,4)5)24(18)27(39)37-16-30(17-37)14-36(15-30)25-20-12-19(7-2)43-26(20)35-13-21(25)31(32,33)34/h6,12-13,18,22-24H,1,7-11,14-17H2,2-5H3/t18-,22+,23+,24+/m1/s1. The van der Waals surface area contributed by atoms with Crippen LogP contribution in [0.2, 0.25) is 0 Å². The van der Waals surface area contributed by atoms with Crippen LogP contribution in [0.3, 0.4) is 0 Å². The lowest BCUT2D eigenvalue weighted by atomic mass is 9.69. The van der Waals surface area contributed by atoms with Crippen molar-refractivity contribution in [2.45, 2.75) is 83.3 Å². The van der Waals surface area contributed by atoms with Crippen molar-refractivity contribution >= 4 is 39.2 Å². The van der Waals surface area contributed by atoms with E-state index in [1.807, 2.05) is 13.0 Å². The Hall–Kier alpha value is -2.86. The lowest BCUT2D eigenvalue weighted by Crippen LogP contribution is -2.76. The molecule has 0 N–H and O–H groups in total. The molecular weight excluding hydrogens is 581 g/mol. The van der Waals surface area contributed by atoms with Crippen molar-refractivity contribution in [1.29, 1.82) is 0 Å². The van der Waals surface area contributed by atoms with Gasteiger partial charge in [-0.15, -0.1) is 17.9 Å². The first-order valence-electron chi connectivity index (χ1n) is 15.0. The molecule has 5 aliphatic rings. The van der Waals surface area contributed by atoms with E-state index in [1.54, 1.807) is 41.5 Å². The Balaban J connectivity index is 1.18. The fourth-order valence-corrected chi connectivity index (χ4v) is 8.35. The van der Waals surface area contributed by atoms with Crippen molar-refractivity contribution in [2.75, 3.05) is 37.7 Å². The average Bonchev–Trinajstić information content (AvgIpc) is 3.32. The van der Waals surface area contributed by atoms with Gasteiger partial charge in [-0.3, -0.25) is 9.69 Å². The predicted octanol–water partition coefficient (Wildman–Crippen LogP) is 5.89. The van der Waals surface area contributed by atoms with Crippen molar-refractivity contribution in [1.82, 2.24) is 14.8 Å². The van der Waals surface area contributed by atoms with Crippen LogP contribution < -0.4 is 4.90 Å². The number of ether oxygens (including phenoxy) is 2. The van der Waals surface area contributed by atoms with E-state index in [2.05, 4.69) is 11.6 Å². The molecule has 1 aliphatic carbocycles. The monoisotopic (exact) mass is 620 g/mol. The first kappa shape index (κ1) is 30.2. The number of carbonyl (C=O) groups is 2. The van der Waals surface area contributed by atoms with E-state index in [9.17, 15) is 22.8 Å². The van der Waals surface area contributed by atoms with Crippen LogP contribution in [0.1, 0.15) is 57.4 Å². The van der Waals surface area contributed by atoms with E-state index in [0.29, 0.717) is 49.4 Å². The molecule has 0 unspecified atom stereocenters. The molecule has 2 amide bonds. The summed E-state index contributed by atoms with van der Waals surface area (Å²) >= 11 is 1.42. The zero-order valence-electron chi connectivity index (χ0n) is 25.1. The van der Waals surface area contributed by atoms with E-state index in [-0.39, 0.29) is 35.1 Å².